The summed E-state index contributed by atoms with van der Waals surface area (Å²) in [5.41, 5.74) is 5.46. The molecular formula is C30H34N6O. The molecule has 2 aliphatic rings. The molecule has 0 radical (unpaired) electrons. The van der Waals surface area contributed by atoms with Gasteiger partial charge in [-0.1, -0.05) is 25.6 Å². The van der Waals surface area contributed by atoms with Gasteiger partial charge in [0, 0.05) is 67.5 Å². The highest BCUT2D eigenvalue weighted by Crippen LogP contribution is 2.31. The maximum Gasteiger partial charge on any atom is 0.253 e. The van der Waals surface area contributed by atoms with E-state index in [9.17, 15) is 4.79 Å². The fourth-order valence-corrected chi connectivity index (χ4v) is 5.15. The first-order chi connectivity index (χ1) is 17.7. The van der Waals surface area contributed by atoms with Crippen LogP contribution in [0, 0.1) is 0 Å². The van der Waals surface area contributed by atoms with Crippen LogP contribution in [0.4, 0.5) is 5.82 Å². The number of aromatic nitrogens is 3. The van der Waals surface area contributed by atoms with Gasteiger partial charge in [-0.05, 0) is 61.9 Å². The summed E-state index contributed by atoms with van der Waals surface area (Å²) in [5.74, 6) is 1.12. The summed E-state index contributed by atoms with van der Waals surface area (Å²) in [6.45, 7) is 5.48. The summed E-state index contributed by atoms with van der Waals surface area (Å²) in [6.07, 6.45) is 6.02. The summed E-state index contributed by atoms with van der Waals surface area (Å²) in [6, 6.07) is 18.3. The molecule has 0 unspecified atom stereocenters. The van der Waals surface area contributed by atoms with Gasteiger partial charge in [0.2, 0.25) is 0 Å². The van der Waals surface area contributed by atoms with Crippen molar-refractivity contribution >= 4 is 22.6 Å². The number of carbonyl (C=O) groups excluding carboxylic acids is 1. The Morgan fingerprint density at radius 2 is 1.57 bits per heavy atom. The molecule has 4 heterocycles. The number of rotatable bonds is 4. The number of hydrogen-bond acceptors (Lipinski definition) is 6. The molecule has 7 heteroatoms. The highest BCUT2D eigenvalue weighted by molar-refractivity contribution is 5.98. The molecule has 1 amide bonds. The second-order valence-corrected chi connectivity index (χ2v) is 9.73. The number of anilines is 1. The molecule has 190 valence electrons. The van der Waals surface area contributed by atoms with Crippen molar-refractivity contribution in [3.05, 3.63) is 72.7 Å². The zero-order chi connectivity index (χ0) is 24.5. The maximum atomic E-state index is 13.2. The highest BCUT2D eigenvalue weighted by Gasteiger charge is 2.21. The molecule has 6 rings (SSSR count). The molecular weight excluding hydrogens is 460 g/mol. The lowest BCUT2D eigenvalue weighted by Crippen LogP contribution is -2.47. The third-order valence-electron chi connectivity index (χ3n) is 7.32. The summed E-state index contributed by atoms with van der Waals surface area (Å²) in [7, 11) is 2.09. The molecule has 7 nitrogen and oxygen atoms in total. The van der Waals surface area contributed by atoms with Crippen molar-refractivity contribution in [2.45, 2.75) is 20.3 Å². The van der Waals surface area contributed by atoms with Gasteiger partial charge in [0.25, 0.3) is 5.91 Å². The summed E-state index contributed by atoms with van der Waals surface area (Å²) in [4.78, 5) is 33.6. The Hall–Kier alpha value is -3.84. The lowest BCUT2D eigenvalue weighted by molar-refractivity contribution is 0.0664. The molecule has 0 aliphatic carbocycles. The minimum atomic E-state index is 0. The van der Waals surface area contributed by atoms with Crippen LogP contribution in [0.15, 0.2) is 67.1 Å². The van der Waals surface area contributed by atoms with E-state index in [-0.39, 0.29) is 13.3 Å². The van der Waals surface area contributed by atoms with Gasteiger partial charge < -0.3 is 14.7 Å². The van der Waals surface area contributed by atoms with Crippen LogP contribution >= 0.6 is 0 Å². The van der Waals surface area contributed by atoms with Crippen LogP contribution in [-0.4, -0.2) is 77.0 Å². The number of carbonyl (C=O) groups is 1. The Balaban J connectivity index is 0.00000280. The van der Waals surface area contributed by atoms with E-state index in [1.54, 1.807) is 6.33 Å². The monoisotopic (exact) mass is 494 g/mol. The minimum Gasteiger partial charge on any atom is -0.357 e. The van der Waals surface area contributed by atoms with Crippen LogP contribution in [0.3, 0.4) is 0 Å². The lowest BCUT2D eigenvalue weighted by Gasteiger charge is -2.32. The number of benzene rings is 2. The number of piperazine rings is 1. The fourth-order valence-electron chi connectivity index (χ4n) is 5.15. The number of amides is 1. The second kappa shape index (κ2) is 10.6. The molecule has 0 N–H and O–H groups in total. The smallest absolute Gasteiger partial charge is 0.253 e. The van der Waals surface area contributed by atoms with Gasteiger partial charge in [0.15, 0.2) is 0 Å². The second-order valence-electron chi connectivity index (χ2n) is 9.73. The topological polar surface area (TPSA) is 65.5 Å². The van der Waals surface area contributed by atoms with E-state index in [1.165, 1.54) is 12.8 Å². The molecule has 2 aromatic carbocycles. The first-order valence-electron chi connectivity index (χ1n) is 12.7. The van der Waals surface area contributed by atoms with Crippen LogP contribution in [0.2, 0.25) is 0 Å². The van der Waals surface area contributed by atoms with E-state index < -0.39 is 0 Å². The van der Waals surface area contributed by atoms with Crippen LogP contribution in [0.1, 0.15) is 30.6 Å². The fraction of sp³-hybridized carbons (Fsp3) is 0.333. The van der Waals surface area contributed by atoms with E-state index >= 15 is 0 Å². The predicted octanol–water partition coefficient (Wildman–Crippen LogP) is 4.98. The van der Waals surface area contributed by atoms with Crippen molar-refractivity contribution in [1.82, 2.24) is 24.8 Å². The largest absolute Gasteiger partial charge is 0.357 e. The third kappa shape index (κ3) is 5.04. The van der Waals surface area contributed by atoms with E-state index in [2.05, 4.69) is 51.1 Å². The Kier molecular flexibility index (Phi) is 7.15. The third-order valence-corrected chi connectivity index (χ3v) is 7.32. The molecule has 2 aliphatic heterocycles. The lowest BCUT2D eigenvalue weighted by atomic mass is 10.00. The van der Waals surface area contributed by atoms with Crippen molar-refractivity contribution in [2.75, 3.05) is 51.2 Å². The van der Waals surface area contributed by atoms with E-state index in [4.69, 9.17) is 4.98 Å². The number of nitrogens with zero attached hydrogens (tertiary/aromatic N) is 6. The Morgan fingerprint density at radius 1 is 0.784 bits per heavy atom. The van der Waals surface area contributed by atoms with Crippen molar-refractivity contribution < 1.29 is 4.79 Å². The first-order valence-corrected chi connectivity index (χ1v) is 12.7. The first kappa shape index (κ1) is 24.8. The molecule has 2 aromatic heterocycles. The molecule has 0 spiro atoms. The van der Waals surface area contributed by atoms with Gasteiger partial charge in [0.1, 0.15) is 12.1 Å². The molecule has 0 saturated carbocycles. The quantitative estimate of drug-likeness (QED) is 0.399. The maximum absolute atomic E-state index is 13.2. The normalized spacial score (nSPS) is 16.1. The van der Waals surface area contributed by atoms with Crippen molar-refractivity contribution in [3.8, 4) is 22.4 Å². The van der Waals surface area contributed by atoms with Gasteiger partial charge in [-0.2, -0.15) is 0 Å². The van der Waals surface area contributed by atoms with Gasteiger partial charge >= 0.3 is 0 Å². The van der Waals surface area contributed by atoms with Crippen LogP contribution < -0.4 is 4.90 Å². The molecule has 4 aromatic rings. The molecule has 0 bridgehead atoms. The molecule has 2 saturated heterocycles. The van der Waals surface area contributed by atoms with Crippen molar-refractivity contribution in [3.63, 3.8) is 0 Å². The predicted molar refractivity (Wildman–Crippen MR) is 150 cm³/mol. The Labute approximate surface area is 218 Å². The van der Waals surface area contributed by atoms with Crippen LogP contribution in [-0.2, 0) is 0 Å². The SMILES string of the molecule is C.CN1CCN(C(=O)c2cccc(-c3ncnc4ccc(-c5ccc(N6CCCC6)nc5)cc34)c2)CC1. The molecule has 2 fully saturated rings. The van der Waals surface area contributed by atoms with Gasteiger partial charge in [-0.3, -0.25) is 4.79 Å². The standard InChI is InChI=1S/C29H30N6O.CH4/c1-33-13-15-35(16-14-33)29(36)23-6-4-5-22(17-23)28-25-18-21(7-9-26(25)31-20-32-28)24-8-10-27(30-19-24)34-11-2-3-12-34;/h4-10,17-20H,2-3,11-16H2,1H3;1H4. The van der Waals surface area contributed by atoms with E-state index in [0.29, 0.717) is 5.56 Å². The zero-order valence-electron chi connectivity index (χ0n) is 20.6. The average Bonchev–Trinajstić information content (AvgIpc) is 3.48. The highest BCUT2D eigenvalue weighted by atomic mass is 16.2. The summed E-state index contributed by atoms with van der Waals surface area (Å²) >= 11 is 0. The van der Waals surface area contributed by atoms with Crippen molar-refractivity contribution in [1.29, 1.82) is 0 Å². The minimum absolute atomic E-state index is 0. The molecule has 37 heavy (non-hydrogen) atoms. The average molecular weight is 495 g/mol. The van der Waals surface area contributed by atoms with Crippen molar-refractivity contribution in [2.24, 2.45) is 0 Å². The molecule has 0 atom stereocenters. The number of pyridine rings is 1. The summed E-state index contributed by atoms with van der Waals surface area (Å²) < 4.78 is 0. The number of hydrogen-bond donors (Lipinski definition) is 0. The Bertz CT molecular complexity index is 1390. The van der Waals surface area contributed by atoms with E-state index in [1.807, 2.05) is 41.4 Å². The van der Waals surface area contributed by atoms with Gasteiger partial charge in [-0.15, -0.1) is 0 Å². The van der Waals surface area contributed by atoms with Gasteiger partial charge in [-0.25, -0.2) is 15.0 Å². The number of fused-ring (bicyclic) bond motifs is 1. The summed E-state index contributed by atoms with van der Waals surface area (Å²) in [5, 5.41) is 0.961. The van der Waals surface area contributed by atoms with Gasteiger partial charge in [0.05, 0.1) is 11.2 Å². The van der Waals surface area contributed by atoms with E-state index in [0.717, 1.165) is 78.4 Å². The van der Waals surface area contributed by atoms with Crippen LogP contribution in [0.25, 0.3) is 33.3 Å². The Morgan fingerprint density at radius 3 is 2.32 bits per heavy atom. The number of likely N-dealkylation sites (N-methyl/N-ethyl adjacent to an activating group) is 1. The van der Waals surface area contributed by atoms with Crippen LogP contribution in [0.5, 0.6) is 0 Å². The zero-order valence-corrected chi connectivity index (χ0v) is 20.6.